The summed E-state index contributed by atoms with van der Waals surface area (Å²) in [6, 6.07) is 23.9. The Balaban J connectivity index is 1.46. The number of carbonyl (C=O) groups is 3. The van der Waals surface area contributed by atoms with Gasteiger partial charge in [-0.3, -0.25) is 14.2 Å². The SMILES string of the molecule is [N-]=[N+]=N[C@]1(CO)O[C@@H](n2cnc3c(N(C(=O)c4ccccc4)C(=O)c4ccccc4)ncnc32)[C@H](OC(=O)c2ccccc2)[C@@H]1F. The van der Waals surface area contributed by atoms with E-state index >= 15 is 4.39 Å². The van der Waals surface area contributed by atoms with Gasteiger partial charge in [-0.05, 0) is 41.9 Å². The summed E-state index contributed by atoms with van der Waals surface area (Å²) >= 11 is 0. The van der Waals surface area contributed by atoms with E-state index in [1.165, 1.54) is 41.0 Å². The number of hydrogen-bond donors (Lipinski definition) is 1. The van der Waals surface area contributed by atoms with Crippen molar-refractivity contribution in [2.45, 2.75) is 24.2 Å². The van der Waals surface area contributed by atoms with Crippen LogP contribution in [0.1, 0.15) is 37.3 Å². The second-order valence-corrected chi connectivity index (χ2v) is 10.0. The zero-order chi connectivity index (χ0) is 32.3. The lowest BCUT2D eigenvalue weighted by molar-refractivity contribution is -0.114. The molecule has 15 heteroatoms. The van der Waals surface area contributed by atoms with Crippen molar-refractivity contribution in [3.05, 3.63) is 131 Å². The van der Waals surface area contributed by atoms with E-state index < -0.39 is 48.6 Å². The van der Waals surface area contributed by atoms with Gasteiger partial charge in [0.2, 0.25) is 5.72 Å². The normalized spacial score (nSPS) is 20.5. The molecule has 1 saturated heterocycles. The molecule has 6 rings (SSSR count). The second kappa shape index (κ2) is 12.5. The van der Waals surface area contributed by atoms with Crippen LogP contribution in [0.3, 0.4) is 0 Å². The van der Waals surface area contributed by atoms with E-state index in [0.717, 1.165) is 17.6 Å². The zero-order valence-corrected chi connectivity index (χ0v) is 23.7. The summed E-state index contributed by atoms with van der Waals surface area (Å²) in [4.78, 5) is 56.9. The summed E-state index contributed by atoms with van der Waals surface area (Å²) in [6.07, 6.45) is -3.45. The van der Waals surface area contributed by atoms with Crippen molar-refractivity contribution in [1.82, 2.24) is 19.5 Å². The van der Waals surface area contributed by atoms with Crippen LogP contribution >= 0.6 is 0 Å². The lowest BCUT2D eigenvalue weighted by atomic mass is 10.1. The van der Waals surface area contributed by atoms with E-state index in [1.807, 2.05) is 0 Å². The molecule has 3 heterocycles. The molecule has 1 aliphatic rings. The number of aromatic nitrogens is 4. The molecule has 0 spiro atoms. The number of imide groups is 1. The number of amides is 2. The Labute approximate surface area is 259 Å². The Morgan fingerprint density at radius 1 is 0.935 bits per heavy atom. The van der Waals surface area contributed by atoms with Crippen molar-refractivity contribution >= 4 is 34.8 Å². The first-order valence-corrected chi connectivity index (χ1v) is 13.8. The molecule has 1 N–H and O–H groups in total. The zero-order valence-electron chi connectivity index (χ0n) is 23.7. The van der Waals surface area contributed by atoms with Gasteiger partial charge >= 0.3 is 5.97 Å². The number of carbonyl (C=O) groups excluding carboxylic acids is 3. The highest BCUT2D eigenvalue weighted by Crippen LogP contribution is 2.43. The van der Waals surface area contributed by atoms with Crippen molar-refractivity contribution < 1.29 is 33.4 Å². The van der Waals surface area contributed by atoms with Gasteiger partial charge < -0.3 is 14.6 Å². The molecule has 4 atom stereocenters. The molecule has 0 radical (unpaired) electrons. The summed E-state index contributed by atoms with van der Waals surface area (Å²) in [7, 11) is 0. The summed E-state index contributed by atoms with van der Waals surface area (Å²) in [6.45, 7) is -1.09. The highest BCUT2D eigenvalue weighted by Gasteiger charge is 2.59. The molecular formula is C31H23FN8O6. The molecule has 1 fully saturated rings. The first-order valence-electron chi connectivity index (χ1n) is 13.8. The second-order valence-electron chi connectivity index (χ2n) is 10.0. The minimum absolute atomic E-state index is 0.0515. The van der Waals surface area contributed by atoms with Crippen LogP contribution in [-0.2, 0) is 9.47 Å². The van der Waals surface area contributed by atoms with Crippen LogP contribution in [0.25, 0.3) is 21.6 Å². The minimum atomic E-state index is -2.47. The first kappa shape index (κ1) is 30.0. The average Bonchev–Trinajstić information content (AvgIpc) is 3.65. The van der Waals surface area contributed by atoms with Crippen molar-refractivity contribution in [3.8, 4) is 0 Å². The third-order valence-electron chi connectivity index (χ3n) is 7.29. The molecule has 230 valence electrons. The number of esters is 1. The Hall–Kier alpha value is -6.02. The highest BCUT2D eigenvalue weighted by molar-refractivity contribution is 6.27. The van der Waals surface area contributed by atoms with Crippen molar-refractivity contribution in [2.24, 2.45) is 5.11 Å². The van der Waals surface area contributed by atoms with Gasteiger partial charge in [0, 0.05) is 16.0 Å². The number of ether oxygens (including phenoxy) is 2. The minimum Gasteiger partial charge on any atom is -0.451 e. The molecule has 0 aliphatic carbocycles. The standard InChI is InChI=1S/C31H23FN8O6/c32-24-23(45-30(44)21-14-8-3-9-15-21)29(46-31(24,16-41)37-38-33)39-18-36-22-25(39)34-17-35-26(22)40(27(42)19-10-4-1-5-11-19)28(43)20-12-6-2-7-13-20/h1-15,17-18,23-24,29,41H,16H2/t23-,24+,29-,31-/m1/s1. The number of anilines is 1. The molecular weight excluding hydrogens is 599 g/mol. The lowest BCUT2D eigenvalue weighted by Gasteiger charge is -2.22. The summed E-state index contributed by atoms with van der Waals surface area (Å²) in [5.41, 5.74) is 7.05. The number of rotatable bonds is 8. The number of aliphatic hydroxyl groups excluding tert-OH is 1. The molecule has 2 amide bonds. The Morgan fingerprint density at radius 2 is 1.50 bits per heavy atom. The van der Waals surface area contributed by atoms with Crippen molar-refractivity contribution in [2.75, 3.05) is 11.5 Å². The number of aliphatic hydroxyl groups is 1. The fourth-order valence-corrected chi connectivity index (χ4v) is 5.05. The Bertz CT molecular complexity index is 1900. The molecule has 1 aliphatic heterocycles. The van der Waals surface area contributed by atoms with Gasteiger partial charge in [0.1, 0.15) is 6.33 Å². The molecule has 0 unspecified atom stereocenters. The first-order chi connectivity index (χ1) is 22.4. The van der Waals surface area contributed by atoms with Crippen LogP contribution in [0.5, 0.6) is 0 Å². The maximum Gasteiger partial charge on any atom is 0.338 e. The van der Waals surface area contributed by atoms with E-state index in [0.29, 0.717) is 0 Å². The maximum atomic E-state index is 16.0. The topological polar surface area (TPSA) is 185 Å². The van der Waals surface area contributed by atoms with Gasteiger partial charge in [0.15, 0.2) is 35.5 Å². The van der Waals surface area contributed by atoms with Gasteiger partial charge in [-0.15, -0.1) is 0 Å². The maximum absolute atomic E-state index is 16.0. The van der Waals surface area contributed by atoms with Gasteiger partial charge in [-0.2, -0.15) is 0 Å². The summed E-state index contributed by atoms with van der Waals surface area (Å²) < 4.78 is 28.5. The highest BCUT2D eigenvalue weighted by atomic mass is 19.1. The van der Waals surface area contributed by atoms with E-state index in [1.54, 1.807) is 54.6 Å². The average molecular weight is 623 g/mol. The molecule has 3 aromatic carbocycles. The predicted octanol–water partition coefficient (Wildman–Crippen LogP) is 4.40. The molecule has 0 bridgehead atoms. The number of halogens is 1. The van der Waals surface area contributed by atoms with E-state index in [4.69, 9.17) is 15.0 Å². The van der Waals surface area contributed by atoms with Crippen molar-refractivity contribution in [1.29, 1.82) is 0 Å². The van der Waals surface area contributed by atoms with Crippen LogP contribution in [0.2, 0.25) is 0 Å². The number of alkyl halides is 1. The van der Waals surface area contributed by atoms with Gasteiger partial charge in [0.05, 0.1) is 18.5 Å². The van der Waals surface area contributed by atoms with Crippen LogP contribution in [0, 0.1) is 0 Å². The van der Waals surface area contributed by atoms with Crippen LogP contribution < -0.4 is 4.90 Å². The molecule has 46 heavy (non-hydrogen) atoms. The quantitative estimate of drug-likeness (QED) is 0.0860. The third kappa shape index (κ3) is 5.30. The molecule has 2 aromatic heterocycles. The van der Waals surface area contributed by atoms with E-state index in [-0.39, 0.29) is 33.7 Å². The summed E-state index contributed by atoms with van der Waals surface area (Å²) in [5.74, 6) is -2.52. The number of hydrogen-bond acceptors (Lipinski definition) is 10. The number of fused-ring (bicyclic) bond motifs is 1. The largest absolute Gasteiger partial charge is 0.451 e. The molecule has 0 saturated carbocycles. The Kier molecular flexibility index (Phi) is 8.18. The number of azide groups is 1. The lowest BCUT2D eigenvalue weighted by Crippen LogP contribution is -2.42. The number of nitrogens with zero attached hydrogens (tertiary/aromatic N) is 8. The fourth-order valence-electron chi connectivity index (χ4n) is 5.05. The third-order valence-corrected chi connectivity index (χ3v) is 7.29. The Morgan fingerprint density at radius 3 is 2.04 bits per heavy atom. The van der Waals surface area contributed by atoms with Crippen LogP contribution in [0.4, 0.5) is 10.2 Å². The molecule has 5 aromatic rings. The number of benzene rings is 3. The van der Waals surface area contributed by atoms with Gasteiger partial charge in [-0.1, -0.05) is 59.7 Å². The van der Waals surface area contributed by atoms with Gasteiger partial charge in [0.25, 0.3) is 11.8 Å². The van der Waals surface area contributed by atoms with E-state index in [9.17, 15) is 19.5 Å². The molecule has 14 nitrogen and oxygen atoms in total. The monoisotopic (exact) mass is 622 g/mol. The van der Waals surface area contributed by atoms with Crippen molar-refractivity contribution in [3.63, 3.8) is 0 Å². The fraction of sp³-hybridized carbons (Fsp3) is 0.161. The smallest absolute Gasteiger partial charge is 0.338 e. The van der Waals surface area contributed by atoms with Crippen LogP contribution in [-0.4, -0.2) is 67.0 Å². The predicted molar refractivity (Wildman–Crippen MR) is 159 cm³/mol. The van der Waals surface area contributed by atoms with Gasteiger partial charge in [-0.25, -0.2) is 29.0 Å². The van der Waals surface area contributed by atoms with Crippen LogP contribution in [0.15, 0.2) is 109 Å². The van der Waals surface area contributed by atoms with E-state index in [2.05, 4.69) is 25.0 Å². The number of imidazole rings is 1. The summed E-state index contributed by atoms with van der Waals surface area (Å²) in [5, 5.41) is 13.4.